The van der Waals surface area contributed by atoms with Crippen LogP contribution in [-0.4, -0.2) is 44.9 Å². The molecule has 140 heavy (non-hydrogen) atoms. The molecule has 6 heterocycles. The first-order valence-corrected chi connectivity index (χ1v) is 49.8. The van der Waals surface area contributed by atoms with E-state index in [2.05, 4.69) is 442 Å². The van der Waals surface area contributed by atoms with Crippen LogP contribution in [0.3, 0.4) is 0 Å². The maximum atomic E-state index is 5.15. The van der Waals surface area contributed by atoms with Gasteiger partial charge in [0.1, 0.15) is 0 Å². The highest BCUT2D eigenvalue weighted by atomic mass is 14.9. The highest BCUT2D eigenvalue weighted by molar-refractivity contribution is 5.84. The van der Waals surface area contributed by atoms with Crippen LogP contribution in [0.1, 0.15) is 209 Å². The van der Waals surface area contributed by atoms with Crippen LogP contribution >= 0.6 is 0 Å². The van der Waals surface area contributed by atoms with Crippen LogP contribution in [0.15, 0.2) is 370 Å². The number of aromatic nitrogens is 9. The van der Waals surface area contributed by atoms with Gasteiger partial charge in [-0.3, -0.25) is 15.0 Å². The fraction of sp³-hybridized carbons (Fsp3) is 0.244. The fourth-order valence-electron chi connectivity index (χ4n) is 17.2. The van der Waals surface area contributed by atoms with Crippen molar-refractivity contribution in [1.29, 1.82) is 0 Å². The standard InChI is InChI=1S/C61H63N3.2C35H35N3/c1-58(2,3)50-25-16-40(17-26-50)47-35-48(41-18-27-51(28-19-41)59(4,5)6)37-49(36-47)44-14-13-15-45(34-44)54-33-24-46(39-62-54)57-63-55(42-20-29-52(30-21-42)60(7,8)9)38-56(64-57)43-22-31-53(32-23-43)61(10,11)12;1-34(2,3)28-17-12-25(13-18-28)31-22-32(26-14-19-29(20-15-26)35(4,5)6)38-33(37-31)27-16-21-30(36-23-27)24-10-8-7-9-11-24;1-3-5-10-26-14-18-29(19-15-26)33-24-34(30-20-16-27(17-21-30)11-6-4-2)38-35(37-33)31-22-23-32(36-25-31)28-12-8-7-9-13-28/h13-39H,1-12H3;7-23H,1-6H3;7-9,12-25H,3-6,10-11H2,1-2H3. The molecular weight excluding hydrogens is 1700 g/mol. The first-order valence-electron chi connectivity index (χ1n) is 49.8. The molecule has 0 spiro atoms. The summed E-state index contributed by atoms with van der Waals surface area (Å²) < 4.78 is 0. The molecule has 9 heteroatoms. The van der Waals surface area contributed by atoms with Crippen LogP contribution < -0.4 is 0 Å². The van der Waals surface area contributed by atoms with Gasteiger partial charge < -0.3 is 0 Å². The number of nitrogens with zero attached hydrogens (tertiary/aromatic N) is 9. The summed E-state index contributed by atoms with van der Waals surface area (Å²) in [7, 11) is 0. The molecule has 0 aliphatic rings. The van der Waals surface area contributed by atoms with Crippen molar-refractivity contribution in [3.63, 3.8) is 0 Å². The first kappa shape index (κ1) is 98.4. The number of hydrogen-bond donors (Lipinski definition) is 0. The molecule has 702 valence electrons. The lowest BCUT2D eigenvalue weighted by Crippen LogP contribution is -2.10. The molecule has 12 aromatic carbocycles. The van der Waals surface area contributed by atoms with E-state index in [-0.39, 0.29) is 32.5 Å². The predicted molar refractivity (Wildman–Crippen MR) is 590 cm³/mol. The number of unbranched alkanes of at least 4 members (excludes halogenated alkanes) is 2. The molecule has 0 saturated heterocycles. The zero-order chi connectivity index (χ0) is 98.7. The quantitative estimate of drug-likeness (QED) is 0.0693. The molecule has 18 rings (SSSR count). The zero-order valence-corrected chi connectivity index (χ0v) is 85.5. The van der Waals surface area contributed by atoms with Gasteiger partial charge >= 0.3 is 0 Å². The summed E-state index contributed by atoms with van der Waals surface area (Å²) in [5.74, 6) is 2.01. The molecule has 9 nitrogen and oxygen atoms in total. The first-order chi connectivity index (χ1) is 67.0. The van der Waals surface area contributed by atoms with Gasteiger partial charge in [0.15, 0.2) is 17.5 Å². The van der Waals surface area contributed by atoms with Gasteiger partial charge in [0.2, 0.25) is 0 Å². The van der Waals surface area contributed by atoms with Crippen molar-refractivity contribution in [3.05, 3.63) is 415 Å². The third-order valence-corrected chi connectivity index (χ3v) is 26.3. The molecule has 0 N–H and O–H groups in total. The average Bonchev–Trinajstić information content (AvgIpc) is 0.794. The van der Waals surface area contributed by atoms with E-state index in [4.69, 9.17) is 44.9 Å². The van der Waals surface area contributed by atoms with Crippen LogP contribution in [0.25, 0.3) is 169 Å². The molecule has 0 bridgehead atoms. The lowest BCUT2D eigenvalue weighted by atomic mass is 9.85. The third kappa shape index (κ3) is 24.7. The normalized spacial score (nSPS) is 11.9. The summed E-state index contributed by atoms with van der Waals surface area (Å²) in [6, 6.07) is 126. The van der Waals surface area contributed by atoms with Crippen molar-refractivity contribution in [3.8, 4) is 169 Å². The van der Waals surface area contributed by atoms with Crippen molar-refractivity contribution in [1.82, 2.24) is 44.9 Å². The summed E-state index contributed by atoms with van der Waals surface area (Å²) in [6.07, 6.45) is 12.7. The Morgan fingerprint density at radius 1 is 0.164 bits per heavy atom. The molecule has 0 fully saturated rings. The summed E-state index contributed by atoms with van der Waals surface area (Å²) in [5, 5.41) is 0. The van der Waals surface area contributed by atoms with Gasteiger partial charge in [-0.15, -0.1) is 0 Å². The van der Waals surface area contributed by atoms with Crippen molar-refractivity contribution in [2.75, 3.05) is 0 Å². The Kier molecular flexibility index (Phi) is 29.8. The van der Waals surface area contributed by atoms with Crippen molar-refractivity contribution < 1.29 is 0 Å². The number of rotatable bonds is 21. The Balaban J connectivity index is 0.000000160. The van der Waals surface area contributed by atoms with Gasteiger partial charge in [-0.2, -0.15) is 0 Å². The number of pyridine rings is 3. The molecule has 0 saturated carbocycles. The van der Waals surface area contributed by atoms with E-state index < -0.39 is 0 Å². The van der Waals surface area contributed by atoms with E-state index in [1.165, 1.54) is 92.4 Å². The number of benzene rings is 12. The van der Waals surface area contributed by atoms with E-state index in [0.717, 1.165) is 142 Å². The highest BCUT2D eigenvalue weighted by Gasteiger charge is 2.24. The van der Waals surface area contributed by atoms with Gasteiger partial charge in [-0.05, 0) is 215 Å². The van der Waals surface area contributed by atoms with Crippen molar-refractivity contribution >= 4 is 0 Å². The molecular formula is C131H133N9. The van der Waals surface area contributed by atoms with Crippen molar-refractivity contribution in [2.45, 2.75) is 209 Å². The monoisotopic (exact) mass is 1830 g/mol. The Labute approximate surface area is 832 Å². The fourth-order valence-corrected chi connectivity index (χ4v) is 17.2. The van der Waals surface area contributed by atoms with E-state index in [1.807, 2.05) is 67.1 Å². The van der Waals surface area contributed by atoms with Crippen LogP contribution in [0.5, 0.6) is 0 Å². The van der Waals surface area contributed by atoms with Crippen LogP contribution in [-0.2, 0) is 45.3 Å². The minimum atomic E-state index is 0.0626. The summed E-state index contributed by atoms with van der Waals surface area (Å²) in [6.45, 7) is 44.9. The summed E-state index contributed by atoms with van der Waals surface area (Å²) in [5.41, 5.74) is 38.7. The predicted octanol–water partition coefficient (Wildman–Crippen LogP) is 35.1. The minimum Gasteiger partial charge on any atom is -0.255 e. The summed E-state index contributed by atoms with van der Waals surface area (Å²) >= 11 is 0. The maximum Gasteiger partial charge on any atom is 0.161 e. The molecule has 6 aromatic heterocycles. The second-order valence-corrected chi connectivity index (χ2v) is 43.4. The van der Waals surface area contributed by atoms with E-state index in [9.17, 15) is 0 Å². The van der Waals surface area contributed by atoms with E-state index >= 15 is 0 Å². The van der Waals surface area contributed by atoms with Gasteiger partial charge in [0.25, 0.3) is 0 Å². The second kappa shape index (κ2) is 42.3. The Bertz CT molecular complexity index is 6900. The highest BCUT2D eigenvalue weighted by Crippen LogP contribution is 2.41. The van der Waals surface area contributed by atoms with Gasteiger partial charge in [0.05, 0.1) is 51.2 Å². The molecule has 0 unspecified atom stereocenters. The van der Waals surface area contributed by atoms with Crippen LogP contribution in [0, 0.1) is 0 Å². The SMILES string of the molecule is CC(C)(C)c1ccc(-c2cc(-c3ccc(C(C)(C)C)cc3)cc(-c3cccc(-c4ccc(-c5nc(-c6ccc(C(C)(C)C)cc6)cc(-c6ccc(C(C)(C)C)cc6)n5)cn4)c3)c2)cc1.CC(C)(C)c1ccc(-c2cc(-c3ccc(C(C)(C)C)cc3)nc(-c3ccc(-c4ccccc4)nc3)n2)cc1.CCCCc1ccc(-c2cc(-c3ccc(CCCC)cc3)nc(-c3ccc(-c4ccccc4)nc3)n2)cc1. The Hall–Kier alpha value is -14.7. The Morgan fingerprint density at radius 3 is 0.600 bits per heavy atom. The minimum absolute atomic E-state index is 0.0626. The second-order valence-electron chi connectivity index (χ2n) is 43.4. The molecule has 0 aliphatic carbocycles. The lowest BCUT2D eigenvalue weighted by Gasteiger charge is -2.20. The molecule has 0 aliphatic heterocycles. The van der Waals surface area contributed by atoms with Gasteiger partial charge in [-0.25, -0.2) is 29.9 Å². The van der Waals surface area contributed by atoms with Crippen LogP contribution in [0.4, 0.5) is 0 Å². The number of hydrogen-bond acceptors (Lipinski definition) is 9. The maximum absolute atomic E-state index is 5.15. The van der Waals surface area contributed by atoms with Crippen molar-refractivity contribution in [2.24, 2.45) is 0 Å². The molecule has 0 atom stereocenters. The molecule has 18 aromatic rings. The third-order valence-electron chi connectivity index (χ3n) is 26.3. The summed E-state index contributed by atoms with van der Waals surface area (Å²) in [4.78, 5) is 44.8. The van der Waals surface area contributed by atoms with Gasteiger partial charge in [-0.1, -0.05) is 424 Å². The molecule has 0 radical (unpaired) electrons. The van der Waals surface area contributed by atoms with Gasteiger partial charge in [0, 0.05) is 85.4 Å². The largest absolute Gasteiger partial charge is 0.255 e. The van der Waals surface area contributed by atoms with E-state index in [1.54, 1.807) is 0 Å². The topological polar surface area (TPSA) is 116 Å². The smallest absolute Gasteiger partial charge is 0.161 e. The van der Waals surface area contributed by atoms with E-state index in [0.29, 0.717) is 17.5 Å². The molecule has 0 amide bonds. The Morgan fingerprint density at radius 2 is 0.364 bits per heavy atom. The lowest BCUT2D eigenvalue weighted by molar-refractivity contribution is 0.590. The average molecular weight is 1830 g/mol. The zero-order valence-electron chi connectivity index (χ0n) is 85.5. The van der Waals surface area contributed by atoms with Crippen LogP contribution in [0.2, 0.25) is 0 Å². The number of aryl methyl sites for hydroxylation is 2.